The van der Waals surface area contributed by atoms with Gasteiger partial charge in [0.1, 0.15) is 5.15 Å². The van der Waals surface area contributed by atoms with E-state index in [1.807, 2.05) is 0 Å². The third-order valence-corrected chi connectivity index (χ3v) is 2.99. The van der Waals surface area contributed by atoms with Crippen LogP contribution in [0.5, 0.6) is 0 Å². The predicted octanol–water partition coefficient (Wildman–Crippen LogP) is 2.37. The zero-order chi connectivity index (χ0) is 13.7. The molecule has 0 aromatic carbocycles. The van der Waals surface area contributed by atoms with Crippen LogP contribution in [-0.2, 0) is 4.79 Å². The maximum absolute atomic E-state index is 11.8. The number of carboxylic acids is 1. The molecule has 0 fully saturated rings. The molecule has 1 aromatic heterocycles. The molecule has 98 valence electrons. The monoisotopic (exact) mass is 290 g/mol. The number of carbonyl (C=O) groups excluding carboxylic acids is 1. The fraction of sp³-hybridized carbons (Fsp3) is 0.364. The van der Waals surface area contributed by atoms with Crippen LogP contribution in [0, 0.1) is 0 Å². The number of hydrogen-bond acceptors (Lipinski definition) is 3. The molecule has 0 bridgehead atoms. The molecule has 0 spiro atoms. The molecule has 2 N–H and O–H groups in total. The van der Waals surface area contributed by atoms with Crippen LogP contribution in [0.4, 0.5) is 0 Å². The molecule has 1 amide bonds. The number of aliphatic carboxylic acids is 1. The number of nitrogens with one attached hydrogen (secondary N) is 1. The van der Waals surface area contributed by atoms with Gasteiger partial charge in [-0.3, -0.25) is 9.59 Å². The quantitative estimate of drug-likeness (QED) is 0.816. The lowest BCUT2D eigenvalue weighted by atomic mass is 10.1. The summed E-state index contributed by atoms with van der Waals surface area (Å²) in [4.78, 5) is 26.1. The van der Waals surface area contributed by atoms with E-state index in [0.29, 0.717) is 6.42 Å². The molecular formula is C11H12Cl2N2O3. The summed E-state index contributed by atoms with van der Waals surface area (Å²) in [6, 6.07) is 0.962. The molecule has 0 saturated carbocycles. The standard InChI is InChI=1S/C11H12Cl2N2O3/c1-2-7(4-9(16)17)15-11(18)6-3-8(12)10(13)14-5-6/h3,5,7H,2,4H2,1H3,(H,15,18)(H,16,17). The lowest BCUT2D eigenvalue weighted by Gasteiger charge is -2.14. The number of amides is 1. The molecule has 5 nitrogen and oxygen atoms in total. The number of aromatic nitrogens is 1. The van der Waals surface area contributed by atoms with Crippen molar-refractivity contribution in [2.24, 2.45) is 0 Å². The van der Waals surface area contributed by atoms with Gasteiger partial charge in [-0.1, -0.05) is 30.1 Å². The summed E-state index contributed by atoms with van der Waals surface area (Å²) in [7, 11) is 0. The average Bonchev–Trinajstić information content (AvgIpc) is 2.31. The molecule has 0 aliphatic heterocycles. The number of nitrogens with zero attached hydrogens (tertiary/aromatic N) is 1. The Hall–Kier alpha value is -1.33. The fourth-order valence-electron chi connectivity index (χ4n) is 1.32. The Morgan fingerprint density at radius 1 is 1.50 bits per heavy atom. The van der Waals surface area contributed by atoms with Crippen LogP contribution in [0.2, 0.25) is 10.2 Å². The zero-order valence-corrected chi connectivity index (χ0v) is 11.1. The molecule has 1 unspecified atom stereocenters. The second kappa shape index (κ2) is 6.56. The highest BCUT2D eigenvalue weighted by molar-refractivity contribution is 6.41. The van der Waals surface area contributed by atoms with Crippen LogP contribution in [0.25, 0.3) is 0 Å². The molecule has 0 aliphatic rings. The van der Waals surface area contributed by atoms with Gasteiger partial charge < -0.3 is 10.4 Å². The molecule has 18 heavy (non-hydrogen) atoms. The Labute approximate surface area is 114 Å². The minimum Gasteiger partial charge on any atom is -0.481 e. The Morgan fingerprint density at radius 2 is 2.17 bits per heavy atom. The van der Waals surface area contributed by atoms with Gasteiger partial charge in [-0.15, -0.1) is 0 Å². The van der Waals surface area contributed by atoms with E-state index in [9.17, 15) is 9.59 Å². The van der Waals surface area contributed by atoms with E-state index in [1.165, 1.54) is 12.3 Å². The molecule has 1 heterocycles. The SMILES string of the molecule is CCC(CC(=O)O)NC(=O)c1cnc(Cl)c(Cl)c1. The highest BCUT2D eigenvalue weighted by Crippen LogP contribution is 2.19. The summed E-state index contributed by atoms with van der Waals surface area (Å²) >= 11 is 11.4. The summed E-state index contributed by atoms with van der Waals surface area (Å²) in [6.07, 6.45) is 1.68. The molecule has 0 saturated heterocycles. The third-order valence-electron chi connectivity index (χ3n) is 2.31. The maximum atomic E-state index is 11.8. The number of rotatable bonds is 5. The van der Waals surface area contributed by atoms with Crippen molar-refractivity contribution in [3.8, 4) is 0 Å². The van der Waals surface area contributed by atoms with Gasteiger partial charge in [0.15, 0.2) is 0 Å². The van der Waals surface area contributed by atoms with E-state index >= 15 is 0 Å². The molecular weight excluding hydrogens is 279 g/mol. The Bertz CT molecular complexity index is 466. The van der Waals surface area contributed by atoms with Gasteiger partial charge in [0.25, 0.3) is 5.91 Å². The van der Waals surface area contributed by atoms with Gasteiger partial charge in [0.05, 0.1) is 17.0 Å². The van der Waals surface area contributed by atoms with Crippen LogP contribution >= 0.6 is 23.2 Å². The van der Waals surface area contributed by atoms with Crippen LogP contribution in [0.3, 0.4) is 0 Å². The van der Waals surface area contributed by atoms with Gasteiger partial charge in [-0.25, -0.2) is 4.98 Å². The van der Waals surface area contributed by atoms with Gasteiger partial charge in [-0.2, -0.15) is 0 Å². The highest BCUT2D eigenvalue weighted by atomic mass is 35.5. The molecule has 1 aromatic rings. The minimum absolute atomic E-state index is 0.116. The number of carboxylic acid groups (broad SMARTS) is 1. The van der Waals surface area contributed by atoms with Gasteiger partial charge >= 0.3 is 5.97 Å². The number of hydrogen-bond donors (Lipinski definition) is 2. The van der Waals surface area contributed by atoms with Crippen molar-refractivity contribution in [3.05, 3.63) is 28.0 Å². The molecule has 1 atom stereocenters. The first-order valence-corrected chi connectivity index (χ1v) is 6.03. The van der Waals surface area contributed by atoms with Gasteiger partial charge in [0, 0.05) is 12.2 Å². The Balaban J connectivity index is 2.74. The van der Waals surface area contributed by atoms with Gasteiger partial charge in [0.2, 0.25) is 0 Å². The van der Waals surface area contributed by atoms with Crippen molar-refractivity contribution < 1.29 is 14.7 Å². The second-order valence-corrected chi connectivity index (χ2v) is 4.44. The smallest absolute Gasteiger partial charge is 0.305 e. The lowest BCUT2D eigenvalue weighted by molar-refractivity contribution is -0.137. The summed E-state index contributed by atoms with van der Waals surface area (Å²) < 4.78 is 0. The molecule has 1 rings (SSSR count). The second-order valence-electron chi connectivity index (χ2n) is 3.67. The van der Waals surface area contributed by atoms with E-state index < -0.39 is 17.9 Å². The fourth-order valence-corrected chi connectivity index (χ4v) is 1.59. The van der Waals surface area contributed by atoms with Crippen LogP contribution in [0.1, 0.15) is 30.1 Å². The van der Waals surface area contributed by atoms with Crippen molar-refractivity contribution >= 4 is 35.1 Å². The largest absolute Gasteiger partial charge is 0.481 e. The Kier molecular flexibility index (Phi) is 5.37. The van der Waals surface area contributed by atoms with E-state index in [2.05, 4.69) is 10.3 Å². The summed E-state index contributed by atoms with van der Waals surface area (Å²) in [5.41, 5.74) is 0.244. The van der Waals surface area contributed by atoms with E-state index in [1.54, 1.807) is 6.92 Å². The van der Waals surface area contributed by atoms with E-state index in [0.717, 1.165) is 0 Å². The van der Waals surface area contributed by atoms with E-state index in [4.69, 9.17) is 28.3 Å². The number of halogens is 2. The van der Waals surface area contributed by atoms with Crippen LogP contribution in [-0.4, -0.2) is 28.0 Å². The lowest BCUT2D eigenvalue weighted by Crippen LogP contribution is -2.36. The third kappa shape index (κ3) is 4.16. The summed E-state index contributed by atoms with van der Waals surface area (Å²) in [5, 5.41) is 11.6. The van der Waals surface area contributed by atoms with Crippen molar-refractivity contribution in [1.29, 1.82) is 0 Å². The van der Waals surface area contributed by atoms with Crippen molar-refractivity contribution in [1.82, 2.24) is 10.3 Å². The van der Waals surface area contributed by atoms with E-state index in [-0.39, 0.29) is 22.2 Å². The van der Waals surface area contributed by atoms with Crippen molar-refractivity contribution in [2.45, 2.75) is 25.8 Å². The Morgan fingerprint density at radius 3 is 2.67 bits per heavy atom. The van der Waals surface area contributed by atoms with Crippen LogP contribution in [0.15, 0.2) is 12.3 Å². The predicted molar refractivity (Wildman–Crippen MR) is 68.1 cm³/mol. The van der Waals surface area contributed by atoms with Gasteiger partial charge in [-0.05, 0) is 12.5 Å². The summed E-state index contributed by atoms with van der Waals surface area (Å²) in [6.45, 7) is 1.79. The molecule has 7 heteroatoms. The first-order valence-electron chi connectivity index (χ1n) is 5.27. The van der Waals surface area contributed by atoms with Crippen molar-refractivity contribution in [3.63, 3.8) is 0 Å². The molecule has 0 radical (unpaired) electrons. The van der Waals surface area contributed by atoms with Crippen molar-refractivity contribution in [2.75, 3.05) is 0 Å². The maximum Gasteiger partial charge on any atom is 0.305 e. The highest BCUT2D eigenvalue weighted by Gasteiger charge is 2.16. The summed E-state index contributed by atoms with van der Waals surface area (Å²) in [5.74, 6) is -1.39. The molecule has 0 aliphatic carbocycles. The minimum atomic E-state index is -0.964. The normalized spacial score (nSPS) is 11.9. The first-order chi connectivity index (χ1) is 8.43. The van der Waals surface area contributed by atoms with Crippen LogP contribution < -0.4 is 5.32 Å². The number of pyridine rings is 1. The number of carbonyl (C=O) groups is 2. The first kappa shape index (κ1) is 14.7. The average molecular weight is 291 g/mol. The topological polar surface area (TPSA) is 79.3 Å². The zero-order valence-electron chi connectivity index (χ0n) is 9.61.